The number of hydrogen-bond donors (Lipinski definition) is 0. The third-order valence-corrected chi connectivity index (χ3v) is 2.46. The zero-order valence-electron chi connectivity index (χ0n) is 5.85. The first-order chi connectivity index (χ1) is 4.40. The summed E-state index contributed by atoms with van der Waals surface area (Å²) in [6.07, 6.45) is 8.70. The van der Waals surface area contributed by atoms with E-state index >= 15 is 0 Å². The largest absolute Gasteiger partial charge is 0.0804 e. The lowest BCUT2D eigenvalue weighted by Crippen LogP contribution is -2.14. The van der Waals surface area contributed by atoms with Crippen molar-refractivity contribution < 1.29 is 0 Å². The third kappa shape index (κ3) is 0.658. The molecule has 0 spiro atoms. The van der Waals surface area contributed by atoms with Crippen LogP contribution in [-0.4, -0.2) is 0 Å². The van der Waals surface area contributed by atoms with E-state index < -0.39 is 0 Å². The van der Waals surface area contributed by atoms with Crippen LogP contribution in [0.15, 0.2) is 23.3 Å². The molecule has 0 aliphatic heterocycles. The van der Waals surface area contributed by atoms with E-state index in [1.54, 1.807) is 11.1 Å². The Labute approximate surface area is 56.3 Å². The van der Waals surface area contributed by atoms with Crippen molar-refractivity contribution in [3.05, 3.63) is 23.3 Å². The van der Waals surface area contributed by atoms with E-state index in [2.05, 4.69) is 19.1 Å². The standard InChI is InChI=1S/C9H12/c1-2-8-4-3-7-5-9(8)6-7/h3,5,8H,2,4,6H2,1H3/t8-/m1/s1. The van der Waals surface area contributed by atoms with Crippen LogP contribution in [0.2, 0.25) is 0 Å². The Morgan fingerprint density at radius 3 is 2.78 bits per heavy atom. The van der Waals surface area contributed by atoms with Crippen molar-refractivity contribution >= 4 is 0 Å². The summed E-state index contributed by atoms with van der Waals surface area (Å²) >= 11 is 0. The summed E-state index contributed by atoms with van der Waals surface area (Å²) in [4.78, 5) is 0. The molecule has 0 fully saturated rings. The molecule has 0 radical (unpaired) electrons. The smallest absolute Gasteiger partial charge is 0.00642 e. The van der Waals surface area contributed by atoms with Gasteiger partial charge in [0.2, 0.25) is 0 Å². The Balaban J connectivity index is 2.19. The normalized spacial score (nSPS) is 30.6. The van der Waals surface area contributed by atoms with E-state index in [0.717, 1.165) is 5.92 Å². The molecule has 0 N–H and O–H groups in total. The highest BCUT2D eigenvalue weighted by Crippen LogP contribution is 2.39. The molecule has 0 aromatic rings. The second-order valence-corrected chi connectivity index (χ2v) is 3.02. The molecule has 0 aromatic heterocycles. The molecule has 0 saturated carbocycles. The van der Waals surface area contributed by atoms with Crippen LogP contribution >= 0.6 is 0 Å². The molecule has 0 amide bonds. The number of hydrogen-bond acceptors (Lipinski definition) is 0. The minimum absolute atomic E-state index is 0.905. The quantitative estimate of drug-likeness (QED) is 0.499. The minimum Gasteiger partial charge on any atom is -0.0804 e. The van der Waals surface area contributed by atoms with Crippen molar-refractivity contribution in [2.45, 2.75) is 26.2 Å². The molecule has 9 heavy (non-hydrogen) atoms. The van der Waals surface area contributed by atoms with Crippen molar-refractivity contribution in [1.29, 1.82) is 0 Å². The van der Waals surface area contributed by atoms with Crippen LogP contribution in [0.4, 0.5) is 0 Å². The summed E-state index contributed by atoms with van der Waals surface area (Å²) in [5.41, 5.74) is 3.28. The Morgan fingerprint density at radius 1 is 1.67 bits per heavy atom. The van der Waals surface area contributed by atoms with E-state index in [0.29, 0.717) is 0 Å². The molecule has 0 unspecified atom stereocenters. The molecule has 2 bridgehead atoms. The van der Waals surface area contributed by atoms with E-state index in [9.17, 15) is 0 Å². The van der Waals surface area contributed by atoms with Crippen LogP contribution in [0.3, 0.4) is 0 Å². The van der Waals surface area contributed by atoms with Crippen LogP contribution in [0.5, 0.6) is 0 Å². The van der Waals surface area contributed by atoms with Gasteiger partial charge in [0.15, 0.2) is 0 Å². The Kier molecular flexibility index (Phi) is 1.01. The number of rotatable bonds is 1. The van der Waals surface area contributed by atoms with Crippen LogP contribution in [0, 0.1) is 5.92 Å². The maximum atomic E-state index is 2.39. The summed E-state index contributed by atoms with van der Waals surface area (Å²) in [5, 5.41) is 0. The molecular formula is C9H12. The average Bonchev–Trinajstić information content (AvgIpc) is 1.86. The van der Waals surface area contributed by atoms with Crippen molar-refractivity contribution in [2.75, 3.05) is 0 Å². The van der Waals surface area contributed by atoms with Gasteiger partial charge in [-0.25, -0.2) is 0 Å². The Hall–Kier alpha value is -0.520. The van der Waals surface area contributed by atoms with Gasteiger partial charge >= 0.3 is 0 Å². The SMILES string of the molecule is CC[C@@H]1CC=C2C=C1C2. The molecule has 1 atom stereocenters. The Bertz CT molecular complexity index is 184. The fourth-order valence-corrected chi connectivity index (χ4v) is 1.71. The maximum absolute atomic E-state index is 2.39. The van der Waals surface area contributed by atoms with E-state index in [4.69, 9.17) is 0 Å². The van der Waals surface area contributed by atoms with Gasteiger partial charge in [-0.2, -0.15) is 0 Å². The molecule has 0 heteroatoms. The number of fused-ring (bicyclic) bond motifs is 2. The molecule has 0 nitrogen and oxygen atoms in total. The summed E-state index contributed by atoms with van der Waals surface area (Å²) in [7, 11) is 0. The summed E-state index contributed by atoms with van der Waals surface area (Å²) in [5.74, 6) is 0.905. The highest BCUT2D eigenvalue weighted by atomic mass is 14.3. The topological polar surface area (TPSA) is 0 Å². The zero-order valence-corrected chi connectivity index (χ0v) is 5.85. The third-order valence-electron chi connectivity index (χ3n) is 2.46. The minimum atomic E-state index is 0.905. The average molecular weight is 120 g/mol. The van der Waals surface area contributed by atoms with Crippen molar-refractivity contribution in [2.24, 2.45) is 5.92 Å². The van der Waals surface area contributed by atoms with Gasteiger partial charge in [-0.05, 0) is 30.8 Å². The summed E-state index contributed by atoms with van der Waals surface area (Å²) < 4.78 is 0. The van der Waals surface area contributed by atoms with Gasteiger partial charge in [0.25, 0.3) is 0 Å². The lowest BCUT2D eigenvalue weighted by Gasteiger charge is -2.30. The van der Waals surface area contributed by atoms with Gasteiger partial charge in [0, 0.05) is 0 Å². The van der Waals surface area contributed by atoms with Gasteiger partial charge in [-0.3, -0.25) is 0 Å². The predicted molar refractivity (Wildman–Crippen MR) is 39.2 cm³/mol. The first kappa shape index (κ1) is 5.28. The molecule has 0 aromatic carbocycles. The predicted octanol–water partition coefficient (Wildman–Crippen LogP) is 2.67. The highest BCUT2D eigenvalue weighted by molar-refractivity contribution is 5.43. The molecule has 0 saturated heterocycles. The lowest BCUT2D eigenvalue weighted by molar-refractivity contribution is 0.549. The van der Waals surface area contributed by atoms with Crippen LogP contribution in [-0.2, 0) is 0 Å². The van der Waals surface area contributed by atoms with E-state index in [1.807, 2.05) is 0 Å². The van der Waals surface area contributed by atoms with Gasteiger partial charge in [0.1, 0.15) is 0 Å². The fraction of sp³-hybridized carbons (Fsp3) is 0.556. The van der Waals surface area contributed by atoms with Gasteiger partial charge in [-0.15, -0.1) is 0 Å². The van der Waals surface area contributed by atoms with Crippen molar-refractivity contribution in [1.82, 2.24) is 0 Å². The van der Waals surface area contributed by atoms with Crippen molar-refractivity contribution in [3.8, 4) is 0 Å². The summed E-state index contributed by atoms with van der Waals surface area (Å²) in [6, 6.07) is 0. The van der Waals surface area contributed by atoms with Gasteiger partial charge in [-0.1, -0.05) is 24.6 Å². The van der Waals surface area contributed by atoms with Crippen molar-refractivity contribution in [3.63, 3.8) is 0 Å². The van der Waals surface area contributed by atoms with E-state index in [-0.39, 0.29) is 0 Å². The van der Waals surface area contributed by atoms with Crippen LogP contribution in [0.25, 0.3) is 0 Å². The first-order valence-corrected chi connectivity index (χ1v) is 3.79. The number of allylic oxidation sites excluding steroid dienone is 4. The fourth-order valence-electron chi connectivity index (χ4n) is 1.71. The maximum Gasteiger partial charge on any atom is -0.00642 e. The molecule has 3 aliphatic carbocycles. The van der Waals surface area contributed by atoms with E-state index in [1.165, 1.54) is 19.3 Å². The highest BCUT2D eigenvalue weighted by Gasteiger charge is 2.23. The van der Waals surface area contributed by atoms with Gasteiger partial charge < -0.3 is 0 Å². The Morgan fingerprint density at radius 2 is 2.44 bits per heavy atom. The zero-order chi connectivity index (χ0) is 6.27. The summed E-state index contributed by atoms with van der Waals surface area (Å²) in [6.45, 7) is 2.28. The van der Waals surface area contributed by atoms with Crippen LogP contribution < -0.4 is 0 Å². The molecule has 3 rings (SSSR count). The molecule has 48 valence electrons. The first-order valence-electron chi connectivity index (χ1n) is 3.79. The lowest BCUT2D eigenvalue weighted by atomic mass is 9.75. The molecular weight excluding hydrogens is 108 g/mol. The molecule has 3 aliphatic rings. The van der Waals surface area contributed by atoms with Gasteiger partial charge in [0.05, 0.1) is 0 Å². The second-order valence-electron chi connectivity index (χ2n) is 3.02. The molecule has 0 heterocycles. The monoisotopic (exact) mass is 120 g/mol. The van der Waals surface area contributed by atoms with Crippen LogP contribution in [0.1, 0.15) is 26.2 Å². The second kappa shape index (κ2) is 1.73.